The molecule has 224 valence electrons. The van der Waals surface area contributed by atoms with Gasteiger partial charge in [-0.05, 0) is 73.9 Å². The maximum absolute atomic E-state index is 14.2. The average Bonchev–Trinajstić information content (AvgIpc) is 3.74. The molecule has 2 amide bonds. The SMILES string of the molecule is Cc1cc(Nc2c(C(=O)N3CCC(c4ccc(F)cc4)CC3)cnc3c(S(=O)(=O)NC(=O)C4CC4)cnn23)c(Cl)cc1F. The fourth-order valence-electron chi connectivity index (χ4n) is 5.19. The first-order valence-corrected chi connectivity index (χ1v) is 15.6. The quantitative estimate of drug-likeness (QED) is 0.297. The monoisotopic (exact) mass is 628 g/mol. The topological polar surface area (TPSA) is 126 Å². The number of aromatic nitrogens is 3. The minimum absolute atomic E-state index is 0.0308. The van der Waals surface area contributed by atoms with Gasteiger partial charge in [-0.1, -0.05) is 23.7 Å². The van der Waals surface area contributed by atoms with E-state index >= 15 is 0 Å². The molecule has 6 rings (SSSR count). The fraction of sp³-hybridized carbons (Fsp3) is 0.310. The van der Waals surface area contributed by atoms with Gasteiger partial charge in [0.05, 0.1) is 16.9 Å². The normalized spacial score (nSPS) is 16.0. The van der Waals surface area contributed by atoms with Gasteiger partial charge in [0, 0.05) is 25.2 Å². The number of hydrogen-bond acceptors (Lipinski definition) is 7. The van der Waals surface area contributed by atoms with Crippen LogP contribution in [0, 0.1) is 24.5 Å². The number of carbonyl (C=O) groups excluding carboxylic acids is 2. The molecule has 1 aliphatic carbocycles. The molecule has 0 spiro atoms. The van der Waals surface area contributed by atoms with E-state index in [9.17, 15) is 26.8 Å². The highest BCUT2D eigenvalue weighted by Gasteiger charge is 2.35. The van der Waals surface area contributed by atoms with Crippen molar-refractivity contribution in [1.82, 2.24) is 24.2 Å². The van der Waals surface area contributed by atoms with Gasteiger partial charge >= 0.3 is 0 Å². The second-order valence-corrected chi connectivity index (χ2v) is 12.9. The number of carbonyl (C=O) groups is 2. The molecule has 3 heterocycles. The van der Waals surface area contributed by atoms with E-state index in [0.717, 1.165) is 22.3 Å². The van der Waals surface area contributed by atoms with Crippen molar-refractivity contribution in [2.45, 2.75) is 43.4 Å². The van der Waals surface area contributed by atoms with Crippen LogP contribution in [0.2, 0.25) is 5.02 Å². The Labute approximate surface area is 251 Å². The largest absolute Gasteiger partial charge is 0.338 e. The van der Waals surface area contributed by atoms with Crippen LogP contribution in [0.4, 0.5) is 20.3 Å². The summed E-state index contributed by atoms with van der Waals surface area (Å²) >= 11 is 6.33. The molecule has 2 fully saturated rings. The first kappa shape index (κ1) is 29.0. The molecular formula is C29H27ClF2N6O4S. The van der Waals surface area contributed by atoms with Gasteiger partial charge in [-0.25, -0.2) is 26.9 Å². The summed E-state index contributed by atoms with van der Waals surface area (Å²) in [6.45, 7) is 2.39. The lowest BCUT2D eigenvalue weighted by molar-refractivity contribution is -0.120. The van der Waals surface area contributed by atoms with E-state index in [1.54, 1.807) is 24.0 Å². The third-order valence-electron chi connectivity index (χ3n) is 7.82. The van der Waals surface area contributed by atoms with Gasteiger partial charge in [-0.15, -0.1) is 0 Å². The van der Waals surface area contributed by atoms with E-state index in [4.69, 9.17) is 11.6 Å². The van der Waals surface area contributed by atoms with Gasteiger partial charge < -0.3 is 10.2 Å². The summed E-state index contributed by atoms with van der Waals surface area (Å²) in [6.07, 6.45) is 4.85. The van der Waals surface area contributed by atoms with Crippen LogP contribution in [0.25, 0.3) is 5.65 Å². The van der Waals surface area contributed by atoms with Crippen LogP contribution in [0.5, 0.6) is 0 Å². The summed E-state index contributed by atoms with van der Waals surface area (Å²) in [5, 5.41) is 7.28. The molecule has 2 aromatic heterocycles. The van der Waals surface area contributed by atoms with Crippen molar-refractivity contribution in [3.05, 3.63) is 82.1 Å². The minimum atomic E-state index is -4.31. The number of fused-ring (bicyclic) bond motifs is 1. The summed E-state index contributed by atoms with van der Waals surface area (Å²) in [7, 11) is -4.31. The van der Waals surface area contributed by atoms with Gasteiger partial charge in [0.15, 0.2) is 10.5 Å². The zero-order chi connectivity index (χ0) is 30.5. The van der Waals surface area contributed by atoms with E-state index in [-0.39, 0.29) is 56.2 Å². The van der Waals surface area contributed by atoms with E-state index < -0.39 is 21.7 Å². The molecule has 0 unspecified atom stereocenters. The highest BCUT2D eigenvalue weighted by atomic mass is 35.5. The Morgan fingerprint density at radius 2 is 1.72 bits per heavy atom. The number of amides is 2. The molecule has 43 heavy (non-hydrogen) atoms. The molecule has 1 saturated carbocycles. The molecular weight excluding hydrogens is 602 g/mol. The highest BCUT2D eigenvalue weighted by molar-refractivity contribution is 7.90. The molecule has 2 aromatic carbocycles. The third kappa shape index (κ3) is 5.78. The Hall–Kier alpha value is -4.10. The average molecular weight is 629 g/mol. The van der Waals surface area contributed by atoms with Gasteiger partial charge in [-0.2, -0.15) is 9.61 Å². The number of piperidine rings is 1. The summed E-state index contributed by atoms with van der Waals surface area (Å²) in [5.74, 6) is -1.92. The number of sulfonamides is 1. The maximum Gasteiger partial charge on any atom is 0.269 e. The number of nitrogens with zero attached hydrogens (tertiary/aromatic N) is 4. The van der Waals surface area contributed by atoms with Crippen LogP contribution in [-0.4, -0.2) is 52.8 Å². The van der Waals surface area contributed by atoms with Gasteiger partial charge in [-0.3, -0.25) is 9.59 Å². The van der Waals surface area contributed by atoms with Crippen molar-refractivity contribution < 1.29 is 26.8 Å². The Balaban J connectivity index is 1.35. The second kappa shape index (κ2) is 11.2. The van der Waals surface area contributed by atoms with E-state index in [1.165, 1.54) is 24.4 Å². The Morgan fingerprint density at radius 3 is 2.40 bits per heavy atom. The zero-order valence-electron chi connectivity index (χ0n) is 23.0. The van der Waals surface area contributed by atoms with Crippen LogP contribution < -0.4 is 10.0 Å². The Bertz CT molecular complexity index is 1850. The second-order valence-electron chi connectivity index (χ2n) is 10.8. The number of hydrogen-bond donors (Lipinski definition) is 2. The molecule has 1 aliphatic heterocycles. The lowest BCUT2D eigenvalue weighted by Crippen LogP contribution is -2.38. The van der Waals surface area contributed by atoms with Crippen molar-refractivity contribution in [2.24, 2.45) is 5.92 Å². The van der Waals surface area contributed by atoms with Crippen molar-refractivity contribution in [3.63, 3.8) is 0 Å². The summed E-state index contributed by atoms with van der Waals surface area (Å²) in [5.41, 5.74) is 1.51. The molecule has 2 aliphatic rings. The highest BCUT2D eigenvalue weighted by Crippen LogP contribution is 2.34. The summed E-state index contributed by atoms with van der Waals surface area (Å²) in [6, 6.07) is 8.94. The van der Waals surface area contributed by atoms with Crippen molar-refractivity contribution in [3.8, 4) is 0 Å². The standard InChI is InChI=1S/C29H27ClF2N6O4S/c1-16-12-24(22(30)13-23(16)32)35-26-21(29(40)37-10-8-18(9-11-37)17-4-6-20(31)7-5-17)14-33-27-25(15-34-38(26)27)43(41,42)36-28(39)19-2-3-19/h4-7,12-15,18-19,35H,2-3,8-11H2,1H3,(H,36,39). The van der Waals surface area contributed by atoms with Crippen LogP contribution >= 0.6 is 11.6 Å². The van der Waals surface area contributed by atoms with Gasteiger partial charge in [0.25, 0.3) is 15.9 Å². The van der Waals surface area contributed by atoms with Crippen LogP contribution in [-0.2, 0) is 14.8 Å². The lowest BCUT2D eigenvalue weighted by atomic mass is 9.89. The molecule has 14 heteroatoms. The van der Waals surface area contributed by atoms with E-state index in [2.05, 4.69) is 20.1 Å². The van der Waals surface area contributed by atoms with Crippen molar-refractivity contribution >= 4 is 50.6 Å². The number of rotatable bonds is 7. The molecule has 0 bridgehead atoms. The lowest BCUT2D eigenvalue weighted by Gasteiger charge is -2.32. The Kier molecular flexibility index (Phi) is 7.55. The zero-order valence-corrected chi connectivity index (χ0v) is 24.6. The molecule has 10 nitrogen and oxygen atoms in total. The minimum Gasteiger partial charge on any atom is -0.338 e. The molecule has 0 radical (unpaired) electrons. The molecule has 0 atom stereocenters. The van der Waals surface area contributed by atoms with Crippen LogP contribution in [0.15, 0.2) is 53.7 Å². The van der Waals surface area contributed by atoms with E-state index in [0.29, 0.717) is 44.3 Å². The number of anilines is 2. The first-order valence-electron chi connectivity index (χ1n) is 13.7. The van der Waals surface area contributed by atoms with Gasteiger partial charge in [0.2, 0.25) is 5.91 Å². The maximum atomic E-state index is 14.2. The summed E-state index contributed by atoms with van der Waals surface area (Å²) < 4.78 is 56.9. The van der Waals surface area contributed by atoms with E-state index in [1.807, 2.05) is 0 Å². The number of likely N-dealkylation sites (tertiary alicyclic amines) is 1. The number of aryl methyl sites for hydroxylation is 1. The Morgan fingerprint density at radius 1 is 1.02 bits per heavy atom. The predicted molar refractivity (Wildman–Crippen MR) is 155 cm³/mol. The number of nitrogens with one attached hydrogen (secondary N) is 2. The van der Waals surface area contributed by atoms with Crippen molar-refractivity contribution in [1.29, 1.82) is 0 Å². The van der Waals surface area contributed by atoms with Crippen LogP contribution in [0.3, 0.4) is 0 Å². The summed E-state index contributed by atoms with van der Waals surface area (Å²) in [4.78, 5) is 31.7. The first-order chi connectivity index (χ1) is 20.5. The molecule has 1 saturated heterocycles. The van der Waals surface area contributed by atoms with Crippen molar-refractivity contribution in [2.75, 3.05) is 18.4 Å². The molecule has 4 aromatic rings. The predicted octanol–water partition coefficient (Wildman–Crippen LogP) is 4.95. The van der Waals surface area contributed by atoms with Crippen LogP contribution in [0.1, 0.15) is 53.1 Å². The fourth-order valence-corrected chi connectivity index (χ4v) is 6.50. The third-order valence-corrected chi connectivity index (χ3v) is 9.47. The number of benzene rings is 2. The smallest absolute Gasteiger partial charge is 0.269 e. The molecule has 2 N–H and O–H groups in total. The van der Waals surface area contributed by atoms with Gasteiger partial charge in [0.1, 0.15) is 23.0 Å². The number of halogens is 3.